The molecule has 3 nitrogen and oxygen atoms in total. The largest absolute Gasteiger partial charge is 0.348 e. The summed E-state index contributed by atoms with van der Waals surface area (Å²) in [6.07, 6.45) is 1.28. The molecule has 1 aliphatic rings. The van der Waals surface area contributed by atoms with Crippen LogP contribution < -0.4 is 10.2 Å². The maximum atomic E-state index is 4.95. The average molecular weight is 301 g/mol. The molecule has 1 atom stereocenters. The van der Waals surface area contributed by atoms with Gasteiger partial charge in [0.1, 0.15) is 0 Å². The summed E-state index contributed by atoms with van der Waals surface area (Å²) in [6, 6.07) is 10.5. The van der Waals surface area contributed by atoms with Crippen LogP contribution >= 0.6 is 11.3 Å². The van der Waals surface area contributed by atoms with Gasteiger partial charge in [-0.05, 0) is 18.9 Å². The van der Waals surface area contributed by atoms with Gasteiger partial charge in [0.05, 0.1) is 5.69 Å². The van der Waals surface area contributed by atoms with Gasteiger partial charge in [0.25, 0.3) is 0 Å². The zero-order valence-electron chi connectivity index (χ0n) is 12.8. The fourth-order valence-electron chi connectivity index (χ4n) is 2.76. The van der Waals surface area contributed by atoms with Crippen molar-refractivity contribution in [3.63, 3.8) is 0 Å². The van der Waals surface area contributed by atoms with E-state index in [0.29, 0.717) is 0 Å². The Bertz CT molecular complexity index is 579. The Labute approximate surface area is 131 Å². The summed E-state index contributed by atoms with van der Waals surface area (Å²) in [6.45, 7) is 8.65. The average Bonchev–Trinajstić information content (AvgIpc) is 3.12. The minimum Gasteiger partial charge on any atom is -0.348 e. The second-order valence-electron chi connectivity index (χ2n) is 5.75. The van der Waals surface area contributed by atoms with Gasteiger partial charge in [-0.3, -0.25) is 0 Å². The number of hydrogen-bond donors (Lipinski definition) is 1. The maximum Gasteiger partial charge on any atom is 0.186 e. The Kier molecular flexibility index (Phi) is 4.56. The second kappa shape index (κ2) is 6.58. The normalized spacial score (nSPS) is 18.4. The van der Waals surface area contributed by atoms with Gasteiger partial charge in [-0.25, -0.2) is 4.98 Å². The number of rotatable bonds is 5. The topological polar surface area (TPSA) is 28.2 Å². The van der Waals surface area contributed by atoms with Crippen molar-refractivity contribution in [2.45, 2.75) is 26.8 Å². The molecule has 2 heterocycles. The molecule has 0 spiro atoms. The Morgan fingerprint density at radius 2 is 2.14 bits per heavy atom. The fraction of sp³-hybridized carbons (Fsp3) is 0.471. The molecule has 0 amide bonds. The van der Waals surface area contributed by atoms with Crippen molar-refractivity contribution >= 4 is 16.5 Å². The first-order valence-electron chi connectivity index (χ1n) is 7.78. The molecular formula is C17H23N3S. The van der Waals surface area contributed by atoms with Crippen LogP contribution in [0.25, 0.3) is 11.3 Å². The third kappa shape index (κ3) is 3.27. The fourth-order valence-corrected chi connectivity index (χ4v) is 3.85. The quantitative estimate of drug-likeness (QED) is 0.911. The molecule has 1 N–H and O–H groups in total. The van der Waals surface area contributed by atoms with Crippen molar-refractivity contribution in [3.8, 4) is 11.3 Å². The van der Waals surface area contributed by atoms with E-state index in [1.54, 1.807) is 0 Å². The number of nitrogens with one attached hydrogen (secondary N) is 1. The van der Waals surface area contributed by atoms with E-state index in [1.807, 2.05) is 11.3 Å². The van der Waals surface area contributed by atoms with E-state index in [9.17, 15) is 0 Å². The number of aromatic nitrogens is 1. The lowest BCUT2D eigenvalue weighted by Crippen LogP contribution is -2.18. The van der Waals surface area contributed by atoms with E-state index in [0.717, 1.165) is 37.8 Å². The SMILES string of the molecule is CCNCc1sc(N2CCC(C)C2)nc1-c1ccccc1. The molecule has 1 aromatic heterocycles. The number of anilines is 1. The summed E-state index contributed by atoms with van der Waals surface area (Å²) < 4.78 is 0. The van der Waals surface area contributed by atoms with E-state index in [1.165, 1.54) is 22.0 Å². The van der Waals surface area contributed by atoms with Crippen molar-refractivity contribution in [1.29, 1.82) is 0 Å². The van der Waals surface area contributed by atoms with Crippen LogP contribution in [0.3, 0.4) is 0 Å². The van der Waals surface area contributed by atoms with E-state index in [2.05, 4.69) is 54.4 Å². The molecule has 4 heteroatoms. The highest BCUT2D eigenvalue weighted by molar-refractivity contribution is 7.16. The predicted molar refractivity (Wildman–Crippen MR) is 90.9 cm³/mol. The molecule has 21 heavy (non-hydrogen) atoms. The molecule has 0 saturated carbocycles. The summed E-state index contributed by atoms with van der Waals surface area (Å²) >= 11 is 1.85. The number of benzene rings is 1. The van der Waals surface area contributed by atoms with Gasteiger partial charge in [0, 0.05) is 30.1 Å². The van der Waals surface area contributed by atoms with Gasteiger partial charge < -0.3 is 10.2 Å². The lowest BCUT2D eigenvalue weighted by Gasteiger charge is -2.13. The predicted octanol–water partition coefficient (Wildman–Crippen LogP) is 3.77. The highest BCUT2D eigenvalue weighted by Gasteiger charge is 2.23. The summed E-state index contributed by atoms with van der Waals surface area (Å²) in [5, 5.41) is 4.63. The van der Waals surface area contributed by atoms with E-state index in [4.69, 9.17) is 4.98 Å². The molecule has 2 aromatic rings. The highest BCUT2D eigenvalue weighted by atomic mass is 32.1. The molecule has 0 bridgehead atoms. The summed E-state index contributed by atoms with van der Waals surface area (Å²) in [5.41, 5.74) is 2.37. The van der Waals surface area contributed by atoms with E-state index < -0.39 is 0 Å². The van der Waals surface area contributed by atoms with Crippen LogP contribution in [-0.4, -0.2) is 24.6 Å². The van der Waals surface area contributed by atoms with E-state index in [-0.39, 0.29) is 0 Å². The van der Waals surface area contributed by atoms with Crippen molar-refractivity contribution in [3.05, 3.63) is 35.2 Å². The van der Waals surface area contributed by atoms with Crippen LogP contribution in [0.1, 0.15) is 25.1 Å². The molecule has 3 rings (SSSR count). The first-order chi connectivity index (χ1) is 10.3. The third-order valence-corrected chi connectivity index (χ3v) is 5.08. The van der Waals surface area contributed by atoms with Gasteiger partial charge in [-0.1, -0.05) is 55.5 Å². The molecular weight excluding hydrogens is 278 g/mol. The van der Waals surface area contributed by atoms with Crippen molar-refractivity contribution < 1.29 is 0 Å². The van der Waals surface area contributed by atoms with Gasteiger partial charge >= 0.3 is 0 Å². The smallest absolute Gasteiger partial charge is 0.186 e. The highest BCUT2D eigenvalue weighted by Crippen LogP contribution is 2.35. The first-order valence-corrected chi connectivity index (χ1v) is 8.60. The number of hydrogen-bond acceptors (Lipinski definition) is 4. The van der Waals surface area contributed by atoms with Gasteiger partial charge in [0.2, 0.25) is 0 Å². The minimum atomic E-state index is 0.784. The Morgan fingerprint density at radius 1 is 1.33 bits per heavy atom. The standard InChI is InChI=1S/C17H23N3S/c1-3-18-11-15-16(14-7-5-4-6-8-14)19-17(21-15)20-10-9-13(2)12-20/h4-8,13,18H,3,9-12H2,1-2H3. The van der Waals surface area contributed by atoms with E-state index >= 15 is 0 Å². The monoisotopic (exact) mass is 301 g/mol. The van der Waals surface area contributed by atoms with Crippen LogP contribution in [0.4, 0.5) is 5.13 Å². The molecule has 112 valence electrons. The molecule has 1 aromatic carbocycles. The number of thiazole rings is 1. The molecule has 1 unspecified atom stereocenters. The number of nitrogens with zero attached hydrogens (tertiary/aromatic N) is 2. The molecule has 1 fully saturated rings. The minimum absolute atomic E-state index is 0.784. The summed E-state index contributed by atoms with van der Waals surface area (Å²) in [7, 11) is 0. The molecule has 0 aliphatic carbocycles. The summed E-state index contributed by atoms with van der Waals surface area (Å²) in [4.78, 5) is 8.74. The van der Waals surface area contributed by atoms with Crippen LogP contribution in [0, 0.1) is 5.92 Å². The lowest BCUT2D eigenvalue weighted by atomic mass is 10.1. The van der Waals surface area contributed by atoms with Gasteiger partial charge in [0.15, 0.2) is 5.13 Å². The molecule has 0 radical (unpaired) electrons. The molecule has 1 aliphatic heterocycles. The maximum absolute atomic E-state index is 4.95. The third-order valence-electron chi connectivity index (χ3n) is 3.96. The Hall–Kier alpha value is -1.39. The summed E-state index contributed by atoms with van der Waals surface area (Å²) in [5.74, 6) is 0.784. The van der Waals surface area contributed by atoms with Crippen LogP contribution in [0.2, 0.25) is 0 Å². The van der Waals surface area contributed by atoms with Gasteiger partial charge in [-0.2, -0.15) is 0 Å². The van der Waals surface area contributed by atoms with Crippen LogP contribution in [0.15, 0.2) is 30.3 Å². The molecule has 1 saturated heterocycles. The van der Waals surface area contributed by atoms with Gasteiger partial charge in [-0.15, -0.1) is 0 Å². The van der Waals surface area contributed by atoms with Crippen molar-refractivity contribution in [2.75, 3.05) is 24.5 Å². The van der Waals surface area contributed by atoms with Crippen molar-refractivity contribution in [2.24, 2.45) is 5.92 Å². The lowest BCUT2D eigenvalue weighted by molar-refractivity contribution is 0.659. The van der Waals surface area contributed by atoms with Crippen LogP contribution in [0.5, 0.6) is 0 Å². The zero-order valence-corrected chi connectivity index (χ0v) is 13.6. The first kappa shape index (κ1) is 14.5. The van der Waals surface area contributed by atoms with Crippen molar-refractivity contribution in [1.82, 2.24) is 10.3 Å². The van der Waals surface area contributed by atoms with Crippen LogP contribution in [-0.2, 0) is 6.54 Å². The Balaban J connectivity index is 1.91. The zero-order chi connectivity index (χ0) is 14.7. The second-order valence-corrected chi connectivity index (χ2v) is 6.82. The Morgan fingerprint density at radius 3 is 2.81 bits per heavy atom.